The molecule has 1 N–H and O–H groups in total. The maximum Gasteiger partial charge on any atom is 0.219 e. The van der Waals surface area contributed by atoms with Crippen molar-refractivity contribution in [1.82, 2.24) is 10.2 Å². The monoisotopic (exact) mass is 256 g/mol. The fourth-order valence-corrected chi connectivity index (χ4v) is 1.67. The molecule has 18 heavy (non-hydrogen) atoms. The first kappa shape index (κ1) is 14.6. The first-order valence-corrected chi connectivity index (χ1v) is 5.86. The molecule has 0 spiro atoms. The van der Waals surface area contributed by atoms with E-state index in [1.165, 1.54) is 18.2 Å². The van der Waals surface area contributed by atoms with Crippen molar-refractivity contribution in [1.29, 1.82) is 0 Å². The molecule has 0 bridgehead atoms. The number of carbonyl (C=O) groups is 1. The van der Waals surface area contributed by atoms with E-state index in [4.69, 9.17) is 0 Å². The first-order chi connectivity index (χ1) is 8.54. The van der Waals surface area contributed by atoms with Gasteiger partial charge in [0.15, 0.2) is 0 Å². The first-order valence-electron chi connectivity index (χ1n) is 5.86. The van der Waals surface area contributed by atoms with Crippen LogP contribution in [0.15, 0.2) is 18.2 Å². The minimum Gasteiger partial charge on any atom is -0.359 e. The number of nitrogens with one attached hydrogen (secondary N) is 1. The van der Waals surface area contributed by atoms with Gasteiger partial charge in [-0.3, -0.25) is 4.79 Å². The lowest BCUT2D eigenvalue weighted by atomic mass is 10.2. The van der Waals surface area contributed by atoms with E-state index in [0.717, 1.165) is 0 Å². The summed E-state index contributed by atoms with van der Waals surface area (Å²) >= 11 is 0. The van der Waals surface area contributed by atoms with Gasteiger partial charge in [-0.15, -0.1) is 0 Å². The topological polar surface area (TPSA) is 32.3 Å². The van der Waals surface area contributed by atoms with Crippen LogP contribution in [0, 0.1) is 11.6 Å². The molecule has 1 aromatic rings. The molecule has 1 aromatic carbocycles. The van der Waals surface area contributed by atoms with Crippen LogP contribution in [0.1, 0.15) is 18.4 Å². The van der Waals surface area contributed by atoms with Gasteiger partial charge in [0.2, 0.25) is 5.91 Å². The lowest BCUT2D eigenvalue weighted by Gasteiger charge is -2.17. The Balaban J connectivity index is 2.45. The van der Waals surface area contributed by atoms with Gasteiger partial charge in [-0.25, -0.2) is 8.78 Å². The molecular weight excluding hydrogens is 238 g/mol. The van der Waals surface area contributed by atoms with Gasteiger partial charge < -0.3 is 10.2 Å². The van der Waals surface area contributed by atoms with Crippen LogP contribution in [0.2, 0.25) is 0 Å². The van der Waals surface area contributed by atoms with E-state index in [1.807, 2.05) is 0 Å². The molecule has 3 nitrogen and oxygen atoms in total. The number of hydrogen-bond donors (Lipinski definition) is 1. The van der Waals surface area contributed by atoms with Crippen LogP contribution in [0.25, 0.3) is 0 Å². The Morgan fingerprint density at radius 2 is 1.94 bits per heavy atom. The van der Waals surface area contributed by atoms with Gasteiger partial charge in [0.05, 0.1) is 0 Å². The van der Waals surface area contributed by atoms with Gasteiger partial charge in [-0.2, -0.15) is 0 Å². The highest BCUT2D eigenvalue weighted by Crippen LogP contribution is 2.14. The number of amides is 1. The van der Waals surface area contributed by atoms with Crippen molar-refractivity contribution >= 4 is 5.91 Å². The van der Waals surface area contributed by atoms with Gasteiger partial charge in [0, 0.05) is 25.6 Å². The minimum atomic E-state index is -0.534. The molecule has 0 aliphatic carbocycles. The smallest absolute Gasteiger partial charge is 0.219 e. The lowest BCUT2D eigenvalue weighted by Crippen LogP contribution is -2.23. The number of carbonyl (C=O) groups excluding carboxylic acids is 1. The summed E-state index contributed by atoms with van der Waals surface area (Å²) in [6, 6.07) is 3.84. The Hall–Kier alpha value is -1.49. The standard InChI is InChI=1S/C13H18F2N2O/c1-16-13(18)7-4-8-17(2)9-10-11(14)5-3-6-12(10)15/h3,5-6H,4,7-9H2,1-2H3,(H,16,18). The number of halogens is 2. The Labute approximate surface area is 106 Å². The summed E-state index contributed by atoms with van der Waals surface area (Å²) in [5.74, 6) is -1.10. The molecule has 0 aromatic heterocycles. The van der Waals surface area contributed by atoms with Crippen LogP contribution in [-0.4, -0.2) is 31.4 Å². The zero-order chi connectivity index (χ0) is 13.5. The highest BCUT2D eigenvalue weighted by molar-refractivity contribution is 5.75. The molecule has 0 radical (unpaired) electrons. The van der Waals surface area contributed by atoms with Crippen molar-refractivity contribution in [2.24, 2.45) is 0 Å². The molecule has 0 heterocycles. The van der Waals surface area contributed by atoms with E-state index in [0.29, 0.717) is 19.4 Å². The highest BCUT2D eigenvalue weighted by atomic mass is 19.1. The van der Waals surface area contributed by atoms with E-state index >= 15 is 0 Å². The van der Waals surface area contributed by atoms with E-state index in [9.17, 15) is 13.6 Å². The van der Waals surface area contributed by atoms with E-state index in [1.54, 1.807) is 19.0 Å². The second-order valence-corrected chi connectivity index (χ2v) is 4.21. The highest BCUT2D eigenvalue weighted by Gasteiger charge is 2.10. The molecule has 0 atom stereocenters. The van der Waals surface area contributed by atoms with E-state index in [-0.39, 0.29) is 18.0 Å². The zero-order valence-electron chi connectivity index (χ0n) is 10.7. The Kier molecular flexibility index (Phi) is 5.71. The zero-order valence-corrected chi connectivity index (χ0v) is 10.7. The third kappa shape index (κ3) is 4.41. The van der Waals surface area contributed by atoms with Crippen LogP contribution in [-0.2, 0) is 11.3 Å². The van der Waals surface area contributed by atoms with E-state index < -0.39 is 11.6 Å². The van der Waals surface area contributed by atoms with E-state index in [2.05, 4.69) is 5.32 Å². The lowest BCUT2D eigenvalue weighted by molar-refractivity contribution is -0.120. The van der Waals surface area contributed by atoms with Gasteiger partial charge in [-0.1, -0.05) is 6.07 Å². The van der Waals surface area contributed by atoms with Crippen molar-refractivity contribution in [3.8, 4) is 0 Å². The second kappa shape index (κ2) is 7.06. The maximum absolute atomic E-state index is 13.4. The Bertz CT molecular complexity index is 390. The summed E-state index contributed by atoms with van der Waals surface area (Å²) in [7, 11) is 3.36. The molecule has 0 aliphatic rings. The predicted octanol–water partition coefficient (Wildman–Crippen LogP) is 1.92. The minimum absolute atomic E-state index is 0.0273. The third-order valence-electron chi connectivity index (χ3n) is 2.71. The summed E-state index contributed by atoms with van der Waals surface area (Å²) in [6.45, 7) is 0.813. The van der Waals surface area contributed by atoms with Crippen LogP contribution >= 0.6 is 0 Å². The fraction of sp³-hybridized carbons (Fsp3) is 0.462. The molecule has 0 unspecified atom stereocenters. The van der Waals surface area contributed by atoms with Crippen LogP contribution in [0.3, 0.4) is 0 Å². The normalized spacial score (nSPS) is 10.7. The average Bonchev–Trinajstić information content (AvgIpc) is 2.34. The summed E-state index contributed by atoms with van der Waals surface area (Å²) in [4.78, 5) is 12.8. The molecule has 0 saturated heterocycles. The van der Waals surface area contributed by atoms with Gasteiger partial charge in [0.25, 0.3) is 0 Å². The van der Waals surface area contributed by atoms with Gasteiger partial charge in [0.1, 0.15) is 11.6 Å². The molecule has 5 heteroatoms. The van der Waals surface area contributed by atoms with Crippen LogP contribution in [0.4, 0.5) is 8.78 Å². The number of hydrogen-bond acceptors (Lipinski definition) is 2. The quantitative estimate of drug-likeness (QED) is 0.843. The number of rotatable bonds is 6. The molecule has 100 valence electrons. The largest absolute Gasteiger partial charge is 0.359 e. The molecule has 1 rings (SSSR count). The van der Waals surface area contributed by atoms with Crippen LogP contribution in [0.5, 0.6) is 0 Å². The molecular formula is C13H18F2N2O. The van der Waals surface area contributed by atoms with Gasteiger partial charge in [-0.05, 0) is 32.1 Å². The Morgan fingerprint density at radius 1 is 1.33 bits per heavy atom. The molecule has 0 fully saturated rings. The predicted molar refractivity (Wildman–Crippen MR) is 66.0 cm³/mol. The Morgan fingerprint density at radius 3 is 2.50 bits per heavy atom. The van der Waals surface area contributed by atoms with Crippen molar-refractivity contribution in [3.63, 3.8) is 0 Å². The number of benzene rings is 1. The second-order valence-electron chi connectivity index (χ2n) is 4.21. The number of nitrogens with zero attached hydrogens (tertiary/aromatic N) is 1. The van der Waals surface area contributed by atoms with Crippen molar-refractivity contribution in [2.45, 2.75) is 19.4 Å². The van der Waals surface area contributed by atoms with Gasteiger partial charge >= 0.3 is 0 Å². The molecule has 1 amide bonds. The summed E-state index contributed by atoms with van der Waals surface area (Å²) in [6.07, 6.45) is 1.08. The van der Waals surface area contributed by atoms with Crippen molar-refractivity contribution in [3.05, 3.63) is 35.4 Å². The SMILES string of the molecule is CNC(=O)CCCN(C)Cc1c(F)cccc1F. The third-order valence-corrected chi connectivity index (χ3v) is 2.71. The average molecular weight is 256 g/mol. The van der Waals surface area contributed by atoms with Crippen molar-refractivity contribution in [2.75, 3.05) is 20.6 Å². The summed E-state index contributed by atoms with van der Waals surface area (Å²) in [5.41, 5.74) is 0.0694. The fourth-order valence-electron chi connectivity index (χ4n) is 1.67. The summed E-state index contributed by atoms with van der Waals surface area (Å²) in [5, 5.41) is 2.53. The van der Waals surface area contributed by atoms with Crippen molar-refractivity contribution < 1.29 is 13.6 Å². The maximum atomic E-state index is 13.4. The molecule has 0 aliphatic heterocycles. The molecule has 0 saturated carbocycles. The summed E-state index contributed by atoms with van der Waals surface area (Å²) < 4.78 is 26.8. The van der Waals surface area contributed by atoms with Crippen LogP contribution < -0.4 is 5.32 Å².